The first kappa shape index (κ1) is 12.1. The first-order valence-electron chi connectivity index (χ1n) is 1.13. The van der Waals surface area contributed by atoms with Crippen molar-refractivity contribution in [1.29, 1.82) is 0 Å². The molecule has 0 radical (unpaired) electrons. The minimum absolute atomic E-state index is 0. The minimum Gasteiger partial charge on any atom is 2.00 e. The fourth-order valence-corrected chi connectivity index (χ4v) is 0. The Hall–Kier alpha value is 1.37. The Morgan fingerprint density at radius 1 is 0.625 bits per heavy atom. The maximum absolute atomic E-state index is 10.8. The normalized spacial score (nSPS) is 20.2. The van der Waals surface area contributed by atoms with Gasteiger partial charge in [0.15, 0.2) is 0 Å². The maximum Gasteiger partial charge on any atom is 2.00 e. The van der Waals surface area contributed by atoms with Crippen LogP contribution in [0.25, 0.3) is 0 Å². The zero-order chi connectivity index (χ0) is 6.41. The van der Waals surface area contributed by atoms with Gasteiger partial charge in [0.2, 0.25) is 0 Å². The molecular formula is BaF6Si. The maximum atomic E-state index is 9.88. The van der Waals surface area contributed by atoms with E-state index in [1.807, 2.05) is 0 Å². The van der Waals surface area contributed by atoms with Gasteiger partial charge < -0.3 is 0 Å². The van der Waals surface area contributed by atoms with E-state index in [1.165, 1.54) is 0 Å². The third-order valence-electron chi connectivity index (χ3n) is 0. The SMILES string of the molecule is F[Si-2](F)(F)(F)(F)F.[Ba+2]. The van der Waals surface area contributed by atoms with E-state index < -0.39 is 8.63 Å². The Morgan fingerprint density at radius 2 is 0.625 bits per heavy atom. The molecule has 0 unspecified atom stereocenters. The van der Waals surface area contributed by atoms with Crippen LogP contribution in [0.3, 0.4) is 0 Å². The van der Waals surface area contributed by atoms with Crippen molar-refractivity contribution in [2.45, 2.75) is 0 Å². The molecule has 0 aromatic carbocycles. The third kappa shape index (κ3) is 160. The van der Waals surface area contributed by atoms with Gasteiger partial charge in [0.1, 0.15) is 0 Å². The standard InChI is InChI=1S/Ba.F6Si/c;1-7(2,3,4,5)6/q+2;-2. The first-order valence-corrected chi connectivity index (χ1v) is 3.40. The molecule has 48 valence electrons. The van der Waals surface area contributed by atoms with Crippen LogP contribution in [0.1, 0.15) is 0 Å². The Kier molecular flexibility index (Phi) is 2.56. The second kappa shape index (κ2) is 1.70. The summed E-state index contributed by atoms with van der Waals surface area (Å²) < 4.78 is 59.3. The number of rotatable bonds is 0. The Balaban J connectivity index is 0. The van der Waals surface area contributed by atoms with Crippen LogP contribution in [0.5, 0.6) is 0 Å². The molecule has 0 aliphatic heterocycles. The predicted octanol–water partition coefficient (Wildman–Crippen LogP) is 1.76. The smallest absolute Gasteiger partial charge is 2.00 e. The molecule has 8 heavy (non-hydrogen) atoms. The zero-order valence-electron chi connectivity index (χ0n) is 3.47. The largest absolute Gasteiger partial charge is 2.00 e. The van der Waals surface area contributed by atoms with Gasteiger partial charge >= 0.3 is 82.2 Å². The summed E-state index contributed by atoms with van der Waals surface area (Å²) in [6.07, 6.45) is 0. The van der Waals surface area contributed by atoms with Crippen molar-refractivity contribution in [3.8, 4) is 0 Å². The summed E-state index contributed by atoms with van der Waals surface area (Å²) >= 11 is 0. The predicted molar refractivity (Wildman–Crippen MR) is 18.2 cm³/mol. The topological polar surface area (TPSA) is 0 Å². The van der Waals surface area contributed by atoms with Gasteiger partial charge in [-0.1, -0.05) is 0 Å². The summed E-state index contributed by atoms with van der Waals surface area (Å²) in [5.74, 6) is 0. The van der Waals surface area contributed by atoms with E-state index in [4.69, 9.17) is 0 Å². The van der Waals surface area contributed by atoms with Crippen LogP contribution in [0.4, 0.5) is 24.6 Å². The van der Waals surface area contributed by atoms with Gasteiger partial charge in [-0.25, -0.2) is 0 Å². The average Bonchev–Trinajstić information content (AvgIpc) is 0.592. The summed E-state index contributed by atoms with van der Waals surface area (Å²) in [4.78, 5) is 0. The molecule has 8 heteroatoms. The molecule has 0 aromatic rings. The van der Waals surface area contributed by atoms with Crippen LogP contribution in [0.2, 0.25) is 0 Å². The van der Waals surface area contributed by atoms with E-state index in [0.717, 1.165) is 0 Å². The van der Waals surface area contributed by atoms with Gasteiger partial charge in [-0.15, -0.1) is 0 Å². The van der Waals surface area contributed by atoms with Crippen LogP contribution in [-0.4, -0.2) is 57.5 Å². The number of halogens is 6. The molecule has 0 spiro atoms. The molecule has 0 atom stereocenters. The zero-order valence-corrected chi connectivity index (χ0v) is 8.92. The Morgan fingerprint density at radius 3 is 0.625 bits per heavy atom. The van der Waals surface area contributed by atoms with Gasteiger partial charge in [-0.3, -0.25) is 0 Å². The van der Waals surface area contributed by atoms with E-state index in [9.17, 15) is 24.6 Å². The molecule has 0 rings (SSSR count). The van der Waals surface area contributed by atoms with Gasteiger partial charge in [-0.05, 0) is 0 Å². The van der Waals surface area contributed by atoms with Gasteiger partial charge in [-0.2, -0.15) is 0 Å². The molecule has 0 amide bonds. The van der Waals surface area contributed by atoms with E-state index in [-0.39, 0.29) is 48.9 Å². The second-order valence-electron chi connectivity index (χ2n) is 1.07. The summed E-state index contributed by atoms with van der Waals surface area (Å²) in [5, 5.41) is 0. The Labute approximate surface area is 81.2 Å². The third-order valence-corrected chi connectivity index (χ3v) is 0. The van der Waals surface area contributed by atoms with Crippen molar-refractivity contribution in [3.63, 3.8) is 0 Å². The minimum atomic E-state index is -10.8. The summed E-state index contributed by atoms with van der Waals surface area (Å²) in [5.41, 5.74) is 0. The molecule has 0 aromatic heterocycles. The first-order chi connectivity index (χ1) is 2.45. The van der Waals surface area contributed by atoms with Crippen LogP contribution in [0.15, 0.2) is 0 Å². The van der Waals surface area contributed by atoms with Crippen molar-refractivity contribution in [1.82, 2.24) is 0 Å². The van der Waals surface area contributed by atoms with Crippen LogP contribution in [0, 0.1) is 0 Å². The van der Waals surface area contributed by atoms with Crippen molar-refractivity contribution in [2.24, 2.45) is 0 Å². The summed E-state index contributed by atoms with van der Waals surface area (Å²) in [7, 11) is -10.8. The fraction of sp³-hybridized carbons (Fsp3) is 0. The van der Waals surface area contributed by atoms with Gasteiger partial charge in [0.25, 0.3) is 0 Å². The Bertz CT molecular complexity index is 67.1. The quantitative estimate of drug-likeness (QED) is 0.360. The molecule has 0 aliphatic rings. The summed E-state index contributed by atoms with van der Waals surface area (Å²) in [6.45, 7) is 0. The molecule has 0 heterocycles. The van der Waals surface area contributed by atoms with E-state index >= 15 is 0 Å². The number of hydrogen-bond donors (Lipinski definition) is 0. The van der Waals surface area contributed by atoms with Gasteiger partial charge in [0.05, 0.1) is 0 Å². The molecule has 0 saturated carbocycles. The number of hydrogen-bond acceptors (Lipinski definition) is 0. The fourth-order valence-electron chi connectivity index (χ4n) is 0. The molecular weight excluding hydrogens is 279 g/mol. The van der Waals surface area contributed by atoms with Crippen molar-refractivity contribution in [3.05, 3.63) is 0 Å². The molecule has 0 nitrogen and oxygen atoms in total. The van der Waals surface area contributed by atoms with Crippen molar-refractivity contribution in [2.75, 3.05) is 0 Å². The molecule has 0 N–H and O–H groups in total. The molecule has 0 bridgehead atoms. The van der Waals surface area contributed by atoms with Gasteiger partial charge in [0, 0.05) is 0 Å². The van der Waals surface area contributed by atoms with Crippen LogP contribution in [-0.2, 0) is 0 Å². The van der Waals surface area contributed by atoms with E-state index in [2.05, 4.69) is 0 Å². The molecule has 0 saturated heterocycles. The van der Waals surface area contributed by atoms with Crippen molar-refractivity contribution < 1.29 is 24.6 Å². The average molecular weight is 279 g/mol. The molecule has 0 fully saturated rings. The van der Waals surface area contributed by atoms with E-state index in [0.29, 0.717) is 0 Å². The van der Waals surface area contributed by atoms with Crippen molar-refractivity contribution >= 4 is 57.5 Å². The van der Waals surface area contributed by atoms with Crippen LogP contribution >= 0.6 is 0 Å². The molecule has 0 aliphatic carbocycles. The van der Waals surface area contributed by atoms with E-state index in [1.54, 1.807) is 0 Å². The second-order valence-corrected chi connectivity index (χ2v) is 3.21. The monoisotopic (exact) mass is 280 g/mol. The summed E-state index contributed by atoms with van der Waals surface area (Å²) in [6, 6.07) is 0. The van der Waals surface area contributed by atoms with Crippen LogP contribution < -0.4 is 0 Å².